The number of hydrogen-bond donors (Lipinski definition) is 1. The Kier molecular flexibility index (Phi) is 4.39. The minimum absolute atomic E-state index is 0.0711. The molecule has 6 heteroatoms. The van der Waals surface area contributed by atoms with Gasteiger partial charge in [0.2, 0.25) is 12.1 Å². The Hall–Kier alpha value is -1.59. The number of aryl methyl sites for hydroxylation is 1. The molecule has 0 saturated heterocycles. The molecule has 0 amide bonds. The third kappa shape index (κ3) is 3.24. The summed E-state index contributed by atoms with van der Waals surface area (Å²) >= 11 is 0. The quantitative estimate of drug-likeness (QED) is 0.656. The maximum Gasteiger partial charge on any atom is 0.406 e. The van der Waals surface area contributed by atoms with Gasteiger partial charge in [0, 0.05) is 13.1 Å². The summed E-state index contributed by atoms with van der Waals surface area (Å²) < 4.78 is 1.69. The van der Waals surface area contributed by atoms with Gasteiger partial charge in [0.15, 0.2) is 0 Å². The topological polar surface area (TPSA) is 73.0 Å². The first-order valence-corrected chi connectivity index (χ1v) is 7.04. The zero-order valence-corrected chi connectivity index (χ0v) is 11.6. The van der Waals surface area contributed by atoms with Crippen LogP contribution in [-0.2, 0) is 7.05 Å². The fraction of sp³-hybridized carbons (Fsp3) is 0.769. The summed E-state index contributed by atoms with van der Waals surface area (Å²) in [6.45, 7) is 2.23. The van der Waals surface area contributed by atoms with Crippen molar-refractivity contribution in [2.75, 3.05) is 5.32 Å². The van der Waals surface area contributed by atoms with Crippen molar-refractivity contribution in [2.24, 2.45) is 13.0 Å². The minimum atomic E-state index is -0.426. The highest BCUT2D eigenvalue weighted by atomic mass is 16.6. The predicted octanol–water partition coefficient (Wildman–Crippen LogP) is 3.10. The van der Waals surface area contributed by atoms with Crippen LogP contribution in [0.25, 0.3) is 0 Å². The highest BCUT2D eigenvalue weighted by Crippen LogP contribution is 2.31. The van der Waals surface area contributed by atoms with E-state index in [1.54, 1.807) is 11.6 Å². The molecule has 19 heavy (non-hydrogen) atoms. The van der Waals surface area contributed by atoms with E-state index in [2.05, 4.69) is 17.2 Å². The van der Waals surface area contributed by atoms with Crippen molar-refractivity contribution in [3.63, 3.8) is 0 Å². The number of nitrogens with zero attached hydrogens (tertiary/aromatic N) is 3. The maximum absolute atomic E-state index is 10.9. The molecule has 6 nitrogen and oxygen atoms in total. The van der Waals surface area contributed by atoms with E-state index in [4.69, 9.17) is 0 Å². The van der Waals surface area contributed by atoms with Gasteiger partial charge < -0.3 is 15.4 Å². The average Bonchev–Trinajstić information content (AvgIpc) is 2.74. The first kappa shape index (κ1) is 13.8. The molecule has 1 heterocycles. The van der Waals surface area contributed by atoms with Crippen LogP contribution in [0.1, 0.15) is 45.4 Å². The molecule has 1 N–H and O–H groups in total. The molecular formula is C13H22N4O2. The SMILES string of the molecule is CCCC1CCC(Nc2c([N+](=O)[O-])ncn2C)CC1. The van der Waals surface area contributed by atoms with E-state index in [0.717, 1.165) is 18.8 Å². The van der Waals surface area contributed by atoms with E-state index in [0.29, 0.717) is 11.9 Å². The molecule has 2 rings (SSSR count). The third-order valence-electron chi connectivity index (χ3n) is 3.98. The van der Waals surface area contributed by atoms with Crippen LogP contribution in [0.5, 0.6) is 0 Å². The lowest BCUT2D eigenvalue weighted by atomic mass is 9.83. The average molecular weight is 266 g/mol. The number of hydrogen-bond acceptors (Lipinski definition) is 4. The van der Waals surface area contributed by atoms with Gasteiger partial charge in [0.25, 0.3) is 0 Å². The number of nitrogens with one attached hydrogen (secondary N) is 1. The van der Waals surface area contributed by atoms with E-state index < -0.39 is 4.92 Å². The largest absolute Gasteiger partial charge is 0.406 e. The summed E-state index contributed by atoms with van der Waals surface area (Å²) in [7, 11) is 1.78. The van der Waals surface area contributed by atoms with E-state index in [9.17, 15) is 10.1 Å². The number of anilines is 1. The van der Waals surface area contributed by atoms with Crippen molar-refractivity contribution >= 4 is 11.6 Å². The summed E-state index contributed by atoms with van der Waals surface area (Å²) in [5, 5.41) is 14.2. The molecule has 0 spiro atoms. The lowest BCUT2D eigenvalue weighted by Crippen LogP contribution is -2.27. The predicted molar refractivity (Wildman–Crippen MR) is 74.1 cm³/mol. The van der Waals surface area contributed by atoms with Gasteiger partial charge >= 0.3 is 5.82 Å². The zero-order chi connectivity index (χ0) is 13.8. The number of aromatic nitrogens is 2. The van der Waals surface area contributed by atoms with Gasteiger partial charge in [-0.2, -0.15) is 0 Å². The fourth-order valence-electron chi connectivity index (χ4n) is 2.91. The Labute approximate surface area is 113 Å². The standard InChI is InChI=1S/C13H22N4O2/c1-3-4-10-5-7-11(8-6-10)15-13-12(17(18)19)14-9-16(13)2/h9-11,15H,3-8H2,1-2H3. The van der Waals surface area contributed by atoms with Gasteiger partial charge in [0.05, 0.1) is 0 Å². The van der Waals surface area contributed by atoms with Gasteiger partial charge in [-0.3, -0.25) is 4.57 Å². The van der Waals surface area contributed by atoms with Crippen LogP contribution < -0.4 is 5.32 Å². The highest BCUT2D eigenvalue weighted by molar-refractivity contribution is 5.52. The fourth-order valence-corrected chi connectivity index (χ4v) is 2.91. The monoisotopic (exact) mass is 266 g/mol. The minimum Gasteiger partial charge on any atom is -0.362 e. The lowest BCUT2D eigenvalue weighted by molar-refractivity contribution is -0.388. The van der Waals surface area contributed by atoms with Crippen LogP contribution >= 0.6 is 0 Å². The van der Waals surface area contributed by atoms with E-state index in [1.807, 2.05) is 0 Å². The second-order valence-corrected chi connectivity index (χ2v) is 5.44. The molecule has 0 bridgehead atoms. The molecule has 106 valence electrons. The maximum atomic E-state index is 10.9. The van der Waals surface area contributed by atoms with Crippen molar-refractivity contribution in [3.8, 4) is 0 Å². The van der Waals surface area contributed by atoms with E-state index in [1.165, 1.54) is 32.0 Å². The number of imidazole rings is 1. The van der Waals surface area contributed by atoms with Gasteiger partial charge in [-0.15, -0.1) is 0 Å². The van der Waals surface area contributed by atoms with Gasteiger partial charge in [-0.25, -0.2) is 0 Å². The molecule has 1 fully saturated rings. The van der Waals surface area contributed by atoms with Crippen molar-refractivity contribution in [2.45, 2.75) is 51.5 Å². The highest BCUT2D eigenvalue weighted by Gasteiger charge is 2.25. The smallest absolute Gasteiger partial charge is 0.362 e. The molecule has 1 aromatic heterocycles. The second kappa shape index (κ2) is 6.04. The van der Waals surface area contributed by atoms with Crippen LogP contribution in [0.2, 0.25) is 0 Å². The summed E-state index contributed by atoms with van der Waals surface area (Å²) in [6.07, 6.45) is 8.66. The molecule has 0 atom stereocenters. The first-order valence-electron chi connectivity index (χ1n) is 7.04. The molecule has 0 aliphatic heterocycles. The molecule has 0 radical (unpaired) electrons. The normalized spacial score (nSPS) is 23.3. The van der Waals surface area contributed by atoms with Crippen LogP contribution in [0.4, 0.5) is 11.6 Å². The number of rotatable bonds is 5. The third-order valence-corrected chi connectivity index (χ3v) is 3.98. The zero-order valence-electron chi connectivity index (χ0n) is 11.6. The van der Waals surface area contributed by atoms with Gasteiger partial charge in [-0.05, 0) is 41.5 Å². The molecule has 1 saturated carbocycles. The van der Waals surface area contributed by atoms with Crippen molar-refractivity contribution in [1.82, 2.24) is 9.55 Å². The van der Waals surface area contributed by atoms with Crippen molar-refractivity contribution < 1.29 is 4.92 Å². The van der Waals surface area contributed by atoms with Crippen LogP contribution in [-0.4, -0.2) is 20.5 Å². The molecule has 0 aromatic carbocycles. The molecule has 1 aliphatic rings. The molecule has 1 aromatic rings. The molecular weight excluding hydrogens is 244 g/mol. The summed E-state index contributed by atoms with van der Waals surface area (Å²) in [6, 6.07) is 0.335. The molecule has 0 unspecified atom stereocenters. The van der Waals surface area contributed by atoms with Crippen LogP contribution in [0, 0.1) is 16.0 Å². The second-order valence-electron chi connectivity index (χ2n) is 5.44. The lowest BCUT2D eigenvalue weighted by Gasteiger charge is -2.29. The van der Waals surface area contributed by atoms with Crippen molar-refractivity contribution in [3.05, 3.63) is 16.4 Å². The van der Waals surface area contributed by atoms with Gasteiger partial charge in [0.1, 0.15) is 0 Å². The number of nitro groups is 1. The summed E-state index contributed by atoms with van der Waals surface area (Å²) in [4.78, 5) is 14.3. The van der Waals surface area contributed by atoms with Crippen LogP contribution in [0.15, 0.2) is 6.33 Å². The Morgan fingerprint density at radius 2 is 2.16 bits per heavy atom. The van der Waals surface area contributed by atoms with E-state index >= 15 is 0 Å². The summed E-state index contributed by atoms with van der Waals surface area (Å²) in [5.74, 6) is 1.30. The Morgan fingerprint density at radius 1 is 1.47 bits per heavy atom. The van der Waals surface area contributed by atoms with Gasteiger partial charge in [-0.1, -0.05) is 19.8 Å². The Bertz CT molecular complexity index is 436. The molecule has 1 aliphatic carbocycles. The van der Waals surface area contributed by atoms with Crippen molar-refractivity contribution in [1.29, 1.82) is 0 Å². The van der Waals surface area contributed by atoms with Crippen LogP contribution in [0.3, 0.4) is 0 Å². The Morgan fingerprint density at radius 3 is 2.74 bits per heavy atom. The first-order chi connectivity index (χ1) is 9.11. The van der Waals surface area contributed by atoms with E-state index in [-0.39, 0.29) is 5.82 Å². The Balaban J connectivity index is 1.96. The summed E-state index contributed by atoms with van der Waals surface area (Å²) in [5.41, 5.74) is 0.